The first-order valence-corrected chi connectivity index (χ1v) is 10.2. The van der Waals surface area contributed by atoms with Gasteiger partial charge in [-0.1, -0.05) is 18.2 Å². The second-order valence-corrected chi connectivity index (χ2v) is 7.65. The molecule has 0 saturated carbocycles. The maximum atomic E-state index is 12.7. The quantitative estimate of drug-likeness (QED) is 0.483. The third-order valence-corrected chi connectivity index (χ3v) is 5.58. The van der Waals surface area contributed by atoms with Crippen molar-refractivity contribution in [3.8, 4) is 0 Å². The van der Waals surface area contributed by atoms with Gasteiger partial charge in [-0.2, -0.15) is 0 Å². The minimum absolute atomic E-state index is 0.0626. The molecule has 10 nitrogen and oxygen atoms in total. The Morgan fingerprint density at radius 3 is 2.53 bits per heavy atom. The predicted molar refractivity (Wildman–Crippen MR) is 117 cm³/mol. The third kappa shape index (κ3) is 4.48. The van der Waals surface area contributed by atoms with Crippen LogP contribution in [0.2, 0.25) is 0 Å². The van der Waals surface area contributed by atoms with Gasteiger partial charge in [-0.25, -0.2) is 4.98 Å². The van der Waals surface area contributed by atoms with Crippen LogP contribution < -0.4 is 10.9 Å². The molecule has 2 heterocycles. The lowest BCUT2D eigenvalue weighted by Crippen LogP contribution is -2.43. The lowest BCUT2D eigenvalue weighted by atomic mass is 9.95. The average Bonchev–Trinajstić information content (AvgIpc) is 2.81. The van der Waals surface area contributed by atoms with Crippen LogP contribution in [0, 0.1) is 16.0 Å². The van der Waals surface area contributed by atoms with Crippen molar-refractivity contribution in [1.82, 2.24) is 14.5 Å². The van der Waals surface area contributed by atoms with E-state index >= 15 is 0 Å². The Kier molecular flexibility index (Phi) is 5.93. The number of amides is 2. The Bertz CT molecular complexity index is 1230. The topological polar surface area (TPSA) is 127 Å². The number of fused-ring (bicyclic) bond motifs is 1. The van der Waals surface area contributed by atoms with Gasteiger partial charge in [-0.05, 0) is 31.0 Å². The highest BCUT2D eigenvalue weighted by Gasteiger charge is 2.27. The number of carbonyl (C=O) groups is 2. The van der Waals surface area contributed by atoms with Gasteiger partial charge in [0.05, 0.1) is 22.2 Å². The van der Waals surface area contributed by atoms with Crippen molar-refractivity contribution in [1.29, 1.82) is 0 Å². The van der Waals surface area contributed by atoms with Crippen molar-refractivity contribution in [2.24, 2.45) is 5.92 Å². The van der Waals surface area contributed by atoms with Gasteiger partial charge in [0.2, 0.25) is 11.8 Å². The van der Waals surface area contributed by atoms with E-state index in [1.807, 2.05) is 30.3 Å². The van der Waals surface area contributed by atoms with Crippen LogP contribution >= 0.6 is 0 Å². The van der Waals surface area contributed by atoms with Gasteiger partial charge in [-0.15, -0.1) is 0 Å². The van der Waals surface area contributed by atoms with E-state index in [0.29, 0.717) is 25.9 Å². The van der Waals surface area contributed by atoms with Gasteiger partial charge in [0, 0.05) is 36.8 Å². The van der Waals surface area contributed by atoms with E-state index in [9.17, 15) is 24.5 Å². The van der Waals surface area contributed by atoms with E-state index in [1.165, 1.54) is 29.1 Å². The summed E-state index contributed by atoms with van der Waals surface area (Å²) in [6.45, 7) is 0.668. The van der Waals surface area contributed by atoms with Gasteiger partial charge < -0.3 is 10.2 Å². The molecule has 0 unspecified atom stereocenters. The van der Waals surface area contributed by atoms with E-state index in [4.69, 9.17) is 0 Å². The number of aromatic nitrogens is 2. The predicted octanol–water partition coefficient (Wildman–Crippen LogP) is 2.18. The zero-order valence-electron chi connectivity index (χ0n) is 17.1. The fraction of sp³-hybridized carbons (Fsp3) is 0.273. The Morgan fingerprint density at radius 2 is 1.84 bits per heavy atom. The number of hydrogen-bond acceptors (Lipinski definition) is 6. The minimum atomic E-state index is -0.556. The first-order valence-electron chi connectivity index (χ1n) is 10.2. The Labute approximate surface area is 182 Å². The number of para-hydroxylation sites is 1. The fourth-order valence-corrected chi connectivity index (χ4v) is 3.78. The number of nitro benzene ring substituents is 1. The molecule has 0 spiro atoms. The number of benzene rings is 2. The summed E-state index contributed by atoms with van der Waals surface area (Å²) < 4.78 is 1.20. The Morgan fingerprint density at radius 1 is 1.12 bits per heavy atom. The summed E-state index contributed by atoms with van der Waals surface area (Å²) in [5.41, 5.74) is 0.357. The molecule has 3 aromatic rings. The smallest absolute Gasteiger partial charge is 0.271 e. The maximum Gasteiger partial charge on any atom is 0.271 e. The molecule has 1 fully saturated rings. The normalized spacial score (nSPS) is 14.3. The highest BCUT2D eigenvalue weighted by atomic mass is 16.6. The summed E-state index contributed by atoms with van der Waals surface area (Å²) in [6, 6.07) is 13.0. The van der Waals surface area contributed by atoms with E-state index in [2.05, 4.69) is 10.3 Å². The zero-order valence-corrected chi connectivity index (χ0v) is 17.1. The summed E-state index contributed by atoms with van der Waals surface area (Å²) in [6.07, 6.45) is 2.31. The number of nitro groups is 1. The van der Waals surface area contributed by atoms with Crippen LogP contribution in [-0.4, -0.2) is 44.3 Å². The number of hydrogen-bond donors (Lipinski definition) is 1. The van der Waals surface area contributed by atoms with E-state index < -0.39 is 10.5 Å². The molecule has 0 radical (unpaired) electrons. The molecule has 0 aliphatic carbocycles. The molecule has 164 valence electrons. The molecule has 0 bridgehead atoms. The third-order valence-electron chi connectivity index (χ3n) is 5.58. The number of nitrogens with one attached hydrogen (secondary N) is 1. The second kappa shape index (κ2) is 8.96. The van der Waals surface area contributed by atoms with Crippen LogP contribution in [0.3, 0.4) is 0 Å². The van der Waals surface area contributed by atoms with Gasteiger partial charge >= 0.3 is 0 Å². The number of carbonyl (C=O) groups excluding carboxylic acids is 2. The molecule has 2 amide bonds. The number of piperidine rings is 1. The van der Waals surface area contributed by atoms with Crippen LogP contribution in [-0.2, 0) is 16.1 Å². The molecule has 4 rings (SSSR count). The molecule has 1 aromatic heterocycles. The molecular weight excluding hydrogens is 414 g/mol. The largest absolute Gasteiger partial charge is 0.341 e. The summed E-state index contributed by atoms with van der Waals surface area (Å²) in [5.74, 6) is -0.482. The first-order chi connectivity index (χ1) is 15.4. The molecule has 32 heavy (non-hydrogen) atoms. The number of likely N-dealkylation sites (tertiary alicyclic amines) is 1. The second-order valence-electron chi connectivity index (χ2n) is 7.65. The summed E-state index contributed by atoms with van der Waals surface area (Å²) >= 11 is 0. The van der Waals surface area contributed by atoms with Crippen LogP contribution in [0.15, 0.2) is 59.7 Å². The number of anilines is 1. The molecule has 10 heteroatoms. The minimum Gasteiger partial charge on any atom is -0.341 e. The number of non-ortho nitro benzene ring substituents is 1. The summed E-state index contributed by atoms with van der Waals surface area (Å²) in [7, 11) is 0. The molecule has 1 aliphatic heterocycles. The lowest BCUT2D eigenvalue weighted by molar-refractivity contribution is -0.384. The van der Waals surface area contributed by atoms with Gasteiger partial charge in [0.1, 0.15) is 6.54 Å². The van der Waals surface area contributed by atoms with Crippen molar-refractivity contribution in [3.05, 3.63) is 75.3 Å². The highest BCUT2D eigenvalue weighted by molar-refractivity contribution is 5.92. The van der Waals surface area contributed by atoms with Crippen molar-refractivity contribution < 1.29 is 14.5 Å². The Balaban J connectivity index is 1.37. The molecular formula is C22H21N5O5. The fourth-order valence-electron chi connectivity index (χ4n) is 3.78. The number of nitrogens with zero attached hydrogens (tertiary/aromatic N) is 4. The first kappa shape index (κ1) is 21.2. The lowest BCUT2D eigenvalue weighted by Gasteiger charge is -2.31. The number of rotatable bonds is 5. The van der Waals surface area contributed by atoms with Crippen LogP contribution in [0.25, 0.3) is 10.9 Å². The van der Waals surface area contributed by atoms with E-state index in [0.717, 1.165) is 5.69 Å². The van der Waals surface area contributed by atoms with E-state index in [1.54, 1.807) is 4.90 Å². The zero-order chi connectivity index (χ0) is 22.7. The molecule has 1 saturated heterocycles. The summed E-state index contributed by atoms with van der Waals surface area (Å²) in [4.78, 5) is 53.9. The van der Waals surface area contributed by atoms with Crippen molar-refractivity contribution in [3.63, 3.8) is 0 Å². The van der Waals surface area contributed by atoms with Crippen LogP contribution in [0.4, 0.5) is 11.4 Å². The van der Waals surface area contributed by atoms with Crippen molar-refractivity contribution >= 4 is 34.1 Å². The van der Waals surface area contributed by atoms with Gasteiger partial charge in [-0.3, -0.25) is 29.1 Å². The molecule has 0 atom stereocenters. The molecule has 2 aromatic carbocycles. The van der Waals surface area contributed by atoms with Crippen molar-refractivity contribution in [2.75, 3.05) is 18.4 Å². The summed E-state index contributed by atoms with van der Waals surface area (Å²) in [5, 5.41) is 14.0. The maximum absolute atomic E-state index is 12.7. The van der Waals surface area contributed by atoms with Crippen LogP contribution in [0.5, 0.6) is 0 Å². The molecule has 1 aliphatic rings. The Hall–Kier alpha value is -4.08. The standard InChI is InChI=1S/C22H21N5O5/c28-20(13-26-14-23-19-12-17(27(31)32)6-7-18(19)22(26)30)25-10-8-15(9-11-25)21(29)24-16-4-2-1-3-5-16/h1-7,12,14-15H,8-11,13H2,(H,24,29). The highest BCUT2D eigenvalue weighted by Crippen LogP contribution is 2.20. The monoisotopic (exact) mass is 435 g/mol. The van der Waals surface area contributed by atoms with E-state index in [-0.39, 0.29) is 40.9 Å². The average molecular weight is 435 g/mol. The SMILES string of the molecule is O=C(Nc1ccccc1)C1CCN(C(=O)Cn2cnc3cc([N+](=O)[O-])ccc3c2=O)CC1. The van der Waals surface area contributed by atoms with Crippen molar-refractivity contribution in [2.45, 2.75) is 19.4 Å². The van der Waals surface area contributed by atoms with Crippen LogP contribution in [0.1, 0.15) is 12.8 Å². The van der Waals surface area contributed by atoms with Gasteiger partial charge in [0.15, 0.2) is 0 Å². The van der Waals surface area contributed by atoms with Gasteiger partial charge in [0.25, 0.3) is 11.2 Å². The molecule has 1 N–H and O–H groups in total.